The fraction of sp³-hybridized carbons (Fsp3) is 0.263. The van der Waals surface area contributed by atoms with Gasteiger partial charge in [-0.2, -0.15) is 0 Å². The first-order valence-corrected chi connectivity index (χ1v) is 8.71. The van der Waals surface area contributed by atoms with Crippen molar-refractivity contribution in [2.75, 3.05) is 38.3 Å². The maximum atomic E-state index is 12.2. The number of rotatable bonds is 7. The van der Waals surface area contributed by atoms with Crippen LogP contribution < -0.4 is 24.4 Å². The lowest BCUT2D eigenvalue weighted by Crippen LogP contribution is -2.44. The van der Waals surface area contributed by atoms with Crippen molar-refractivity contribution in [1.29, 1.82) is 0 Å². The molecule has 2 aromatic carbocycles. The third-order valence-corrected chi connectivity index (χ3v) is 4.13. The highest BCUT2D eigenvalue weighted by Gasteiger charge is 2.25. The Hall–Kier alpha value is -2.93. The highest BCUT2D eigenvalue weighted by atomic mass is 35.5. The average molecular weight is 391 g/mol. The number of ether oxygens (including phenoxy) is 3. The average Bonchev–Trinajstić information content (AvgIpc) is 2.66. The molecule has 1 amide bonds. The van der Waals surface area contributed by atoms with Gasteiger partial charge >= 0.3 is 5.97 Å². The van der Waals surface area contributed by atoms with E-state index >= 15 is 0 Å². The summed E-state index contributed by atoms with van der Waals surface area (Å²) in [4.78, 5) is 25.5. The van der Waals surface area contributed by atoms with E-state index in [0.717, 1.165) is 5.75 Å². The molecule has 1 aliphatic rings. The number of esters is 1. The van der Waals surface area contributed by atoms with Gasteiger partial charge in [0.1, 0.15) is 24.7 Å². The van der Waals surface area contributed by atoms with E-state index in [0.29, 0.717) is 35.4 Å². The number of hydrogen-bond donors (Lipinski definition) is 1. The molecule has 2 aromatic rings. The van der Waals surface area contributed by atoms with E-state index in [-0.39, 0.29) is 19.0 Å². The third kappa shape index (κ3) is 5.04. The number of methoxy groups -OCH3 is 1. The summed E-state index contributed by atoms with van der Waals surface area (Å²) in [5.41, 5.74) is 0.617. The minimum atomic E-state index is -0.416. The van der Waals surface area contributed by atoms with Crippen LogP contribution in [0, 0.1) is 0 Å². The number of amides is 1. The molecule has 1 N–H and O–H groups in total. The molecule has 0 spiro atoms. The minimum absolute atomic E-state index is 0.0108. The van der Waals surface area contributed by atoms with Crippen LogP contribution in [0.1, 0.15) is 0 Å². The highest BCUT2D eigenvalue weighted by Crippen LogP contribution is 2.34. The van der Waals surface area contributed by atoms with Crippen molar-refractivity contribution in [3.63, 3.8) is 0 Å². The van der Waals surface area contributed by atoms with Crippen LogP contribution in [0.3, 0.4) is 0 Å². The third-order valence-electron chi connectivity index (χ3n) is 3.89. The minimum Gasteiger partial charge on any atom is -0.497 e. The maximum Gasteiger partial charge on any atom is 0.331 e. The van der Waals surface area contributed by atoms with Gasteiger partial charge in [0.25, 0.3) is 0 Å². The Labute approximate surface area is 161 Å². The number of carbonyl (C=O) groups excluding carboxylic acids is 2. The fourth-order valence-corrected chi connectivity index (χ4v) is 2.79. The SMILES string of the molecule is COc1ccc(OCCNC(=O)CN2CC(=O)Oc3ccc(Cl)cc32)cc1. The van der Waals surface area contributed by atoms with Crippen LogP contribution in [0.25, 0.3) is 0 Å². The van der Waals surface area contributed by atoms with E-state index in [4.69, 9.17) is 25.8 Å². The molecular formula is C19H19ClN2O5. The van der Waals surface area contributed by atoms with Crippen molar-refractivity contribution in [1.82, 2.24) is 5.32 Å². The van der Waals surface area contributed by atoms with Crippen LogP contribution >= 0.6 is 11.6 Å². The van der Waals surface area contributed by atoms with Crippen molar-refractivity contribution in [3.8, 4) is 17.2 Å². The van der Waals surface area contributed by atoms with E-state index in [9.17, 15) is 9.59 Å². The molecular weight excluding hydrogens is 372 g/mol. The summed E-state index contributed by atoms with van der Waals surface area (Å²) in [6.07, 6.45) is 0. The Bertz CT molecular complexity index is 825. The lowest BCUT2D eigenvalue weighted by Gasteiger charge is -2.29. The number of carbonyl (C=O) groups is 2. The number of halogens is 1. The van der Waals surface area contributed by atoms with E-state index < -0.39 is 5.97 Å². The molecule has 0 atom stereocenters. The Morgan fingerprint density at radius 1 is 1.22 bits per heavy atom. The van der Waals surface area contributed by atoms with Gasteiger partial charge in [-0.3, -0.25) is 4.79 Å². The largest absolute Gasteiger partial charge is 0.497 e. The van der Waals surface area contributed by atoms with Crippen LogP contribution in [0.4, 0.5) is 5.69 Å². The second kappa shape index (κ2) is 8.64. The van der Waals surface area contributed by atoms with Crippen LogP contribution in [0.15, 0.2) is 42.5 Å². The van der Waals surface area contributed by atoms with Gasteiger partial charge < -0.3 is 24.4 Å². The fourth-order valence-electron chi connectivity index (χ4n) is 2.62. The molecule has 0 saturated carbocycles. The van der Waals surface area contributed by atoms with Crippen LogP contribution in [-0.4, -0.2) is 45.2 Å². The van der Waals surface area contributed by atoms with E-state index in [1.165, 1.54) is 0 Å². The molecule has 1 heterocycles. The van der Waals surface area contributed by atoms with Gasteiger partial charge in [0, 0.05) is 5.02 Å². The van der Waals surface area contributed by atoms with Gasteiger partial charge in [0.2, 0.25) is 5.91 Å². The maximum absolute atomic E-state index is 12.2. The molecule has 0 radical (unpaired) electrons. The highest BCUT2D eigenvalue weighted by molar-refractivity contribution is 6.31. The molecule has 0 aromatic heterocycles. The summed E-state index contributed by atoms with van der Waals surface area (Å²) >= 11 is 6.00. The summed E-state index contributed by atoms with van der Waals surface area (Å²) in [7, 11) is 1.60. The normalized spacial score (nSPS) is 12.8. The molecule has 1 aliphatic heterocycles. The second-order valence-corrected chi connectivity index (χ2v) is 6.25. The van der Waals surface area contributed by atoms with E-state index in [2.05, 4.69) is 5.32 Å². The molecule has 0 aliphatic carbocycles. The van der Waals surface area contributed by atoms with Gasteiger partial charge in [-0.15, -0.1) is 0 Å². The summed E-state index contributed by atoms with van der Waals surface area (Å²) in [5, 5.41) is 3.27. The summed E-state index contributed by atoms with van der Waals surface area (Å²) in [5.74, 6) is 1.18. The van der Waals surface area contributed by atoms with Crippen molar-refractivity contribution in [3.05, 3.63) is 47.5 Å². The summed E-state index contributed by atoms with van der Waals surface area (Å²) < 4.78 is 15.8. The van der Waals surface area contributed by atoms with Gasteiger partial charge in [-0.05, 0) is 42.5 Å². The number of fused-ring (bicyclic) bond motifs is 1. The van der Waals surface area contributed by atoms with Gasteiger partial charge in [0.15, 0.2) is 5.75 Å². The van der Waals surface area contributed by atoms with Crippen molar-refractivity contribution in [2.24, 2.45) is 0 Å². The van der Waals surface area contributed by atoms with Gasteiger partial charge in [0.05, 0.1) is 25.9 Å². The van der Waals surface area contributed by atoms with Gasteiger partial charge in [-0.1, -0.05) is 11.6 Å². The number of hydrogen-bond acceptors (Lipinski definition) is 6. The summed E-state index contributed by atoms with van der Waals surface area (Å²) in [6, 6.07) is 12.1. The predicted molar refractivity (Wildman–Crippen MR) is 101 cm³/mol. The Morgan fingerprint density at radius 2 is 1.96 bits per heavy atom. The van der Waals surface area contributed by atoms with E-state index in [1.54, 1.807) is 54.5 Å². The first-order chi connectivity index (χ1) is 13.0. The molecule has 7 nitrogen and oxygen atoms in total. The first-order valence-electron chi connectivity index (χ1n) is 8.34. The lowest BCUT2D eigenvalue weighted by molar-refractivity contribution is -0.133. The zero-order valence-corrected chi connectivity index (χ0v) is 15.5. The molecule has 0 saturated heterocycles. The molecule has 8 heteroatoms. The number of nitrogens with zero attached hydrogens (tertiary/aromatic N) is 1. The van der Waals surface area contributed by atoms with Crippen molar-refractivity contribution >= 4 is 29.2 Å². The smallest absolute Gasteiger partial charge is 0.331 e. The zero-order chi connectivity index (χ0) is 19.2. The predicted octanol–water partition coefficient (Wildman–Crippen LogP) is 2.27. The van der Waals surface area contributed by atoms with Crippen molar-refractivity contribution in [2.45, 2.75) is 0 Å². The topological polar surface area (TPSA) is 77.1 Å². The monoisotopic (exact) mass is 390 g/mol. The molecule has 27 heavy (non-hydrogen) atoms. The molecule has 3 rings (SSSR count). The quantitative estimate of drug-likeness (QED) is 0.444. The number of benzene rings is 2. The standard InChI is InChI=1S/C19H19ClN2O5/c1-25-14-3-5-15(6-4-14)26-9-8-21-18(23)11-22-12-19(24)27-17-7-2-13(20)10-16(17)22/h2-7,10H,8-9,11-12H2,1H3,(H,21,23). The molecule has 0 bridgehead atoms. The Morgan fingerprint density at radius 3 is 2.70 bits per heavy atom. The van der Waals surface area contributed by atoms with Crippen LogP contribution in [-0.2, 0) is 9.59 Å². The second-order valence-electron chi connectivity index (χ2n) is 5.82. The zero-order valence-electron chi connectivity index (χ0n) is 14.7. The van der Waals surface area contributed by atoms with Gasteiger partial charge in [-0.25, -0.2) is 4.79 Å². The molecule has 142 valence electrons. The van der Waals surface area contributed by atoms with Crippen molar-refractivity contribution < 1.29 is 23.8 Å². The van der Waals surface area contributed by atoms with E-state index in [1.807, 2.05) is 0 Å². The number of nitrogens with one attached hydrogen (secondary N) is 1. The van der Waals surface area contributed by atoms with Crippen LogP contribution in [0.5, 0.6) is 17.2 Å². The molecule has 0 unspecified atom stereocenters. The number of anilines is 1. The molecule has 0 fully saturated rings. The Balaban J connectivity index is 1.48. The summed E-state index contributed by atoms with van der Waals surface area (Å²) in [6.45, 7) is 0.669. The first kappa shape index (κ1) is 18.8. The Kier molecular flexibility index (Phi) is 6.03. The lowest BCUT2D eigenvalue weighted by atomic mass is 10.2. The van der Waals surface area contributed by atoms with Crippen LogP contribution in [0.2, 0.25) is 5.02 Å².